The SMILES string of the molecule is CCCCC(CC)c1ccsc1C(=O)O. The van der Waals surface area contributed by atoms with E-state index in [-0.39, 0.29) is 0 Å². The van der Waals surface area contributed by atoms with Gasteiger partial charge in [-0.25, -0.2) is 4.79 Å². The molecule has 1 aromatic heterocycles. The molecule has 0 aliphatic heterocycles. The van der Waals surface area contributed by atoms with Crippen LogP contribution in [0.15, 0.2) is 11.4 Å². The fourth-order valence-corrected chi connectivity index (χ4v) is 2.67. The first-order valence-electron chi connectivity index (χ1n) is 5.51. The first-order chi connectivity index (χ1) is 7.20. The molecule has 0 saturated heterocycles. The van der Waals surface area contributed by atoms with Crippen molar-refractivity contribution < 1.29 is 9.90 Å². The highest BCUT2D eigenvalue weighted by molar-refractivity contribution is 7.12. The van der Waals surface area contributed by atoms with Gasteiger partial charge in [0.2, 0.25) is 0 Å². The first-order valence-corrected chi connectivity index (χ1v) is 6.39. The van der Waals surface area contributed by atoms with Gasteiger partial charge in [0.15, 0.2) is 0 Å². The lowest BCUT2D eigenvalue weighted by atomic mass is 9.92. The molecule has 1 N–H and O–H groups in total. The van der Waals surface area contributed by atoms with Crippen LogP contribution in [-0.2, 0) is 0 Å². The number of carboxylic acids is 1. The van der Waals surface area contributed by atoms with E-state index in [0.29, 0.717) is 10.8 Å². The maximum atomic E-state index is 11.0. The van der Waals surface area contributed by atoms with Gasteiger partial charge in [0, 0.05) is 0 Å². The van der Waals surface area contributed by atoms with Gasteiger partial charge in [0.25, 0.3) is 0 Å². The molecule has 0 fully saturated rings. The predicted molar refractivity (Wildman–Crippen MR) is 63.8 cm³/mol. The van der Waals surface area contributed by atoms with E-state index in [4.69, 9.17) is 5.11 Å². The van der Waals surface area contributed by atoms with Crippen LogP contribution < -0.4 is 0 Å². The molecule has 3 heteroatoms. The number of aromatic carboxylic acids is 1. The molecular formula is C12H18O2S. The van der Waals surface area contributed by atoms with Crippen LogP contribution in [0.1, 0.15) is 60.7 Å². The maximum Gasteiger partial charge on any atom is 0.346 e. The van der Waals surface area contributed by atoms with E-state index in [1.165, 1.54) is 24.2 Å². The molecule has 1 unspecified atom stereocenters. The summed E-state index contributed by atoms with van der Waals surface area (Å²) in [4.78, 5) is 11.5. The molecule has 0 aliphatic rings. The Morgan fingerprint density at radius 1 is 1.53 bits per heavy atom. The van der Waals surface area contributed by atoms with E-state index in [9.17, 15) is 4.79 Å². The van der Waals surface area contributed by atoms with Gasteiger partial charge < -0.3 is 5.11 Å². The molecule has 0 radical (unpaired) electrons. The summed E-state index contributed by atoms with van der Waals surface area (Å²) in [7, 11) is 0. The van der Waals surface area contributed by atoms with Crippen molar-refractivity contribution in [3.8, 4) is 0 Å². The molecule has 1 aromatic rings. The molecule has 0 aliphatic carbocycles. The third-order valence-corrected chi connectivity index (χ3v) is 3.65. The lowest BCUT2D eigenvalue weighted by molar-refractivity contribution is 0.0700. The minimum absolute atomic E-state index is 0.419. The van der Waals surface area contributed by atoms with Crippen LogP contribution in [0.4, 0.5) is 0 Å². The van der Waals surface area contributed by atoms with E-state index >= 15 is 0 Å². The maximum absolute atomic E-state index is 11.0. The molecule has 0 aromatic carbocycles. The summed E-state index contributed by atoms with van der Waals surface area (Å²) < 4.78 is 0. The van der Waals surface area contributed by atoms with Crippen molar-refractivity contribution in [2.75, 3.05) is 0 Å². The van der Waals surface area contributed by atoms with E-state index in [0.717, 1.165) is 18.4 Å². The smallest absolute Gasteiger partial charge is 0.346 e. The monoisotopic (exact) mass is 226 g/mol. The zero-order valence-electron chi connectivity index (χ0n) is 9.32. The highest BCUT2D eigenvalue weighted by Gasteiger charge is 2.18. The normalized spacial score (nSPS) is 12.7. The fraction of sp³-hybridized carbons (Fsp3) is 0.583. The summed E-state index contributed by atoms with van der Waals surface area (Å²) in [5, 5.41) is 10.9. The second kappa shape index (κ2) is 5.91. The minimum Gasteiger partial charge on any atom is -0.477 e. The number of unbranched alkanes of at least 4 members (excludes halogenated alkanes) is 1. The van der Waals surface area contributed by atoms with E-state index < -0.39 is 5.97 Å². The Kier molecular flexibility index (Phi) is 4.82. The summed E-state index contributed by atoms with van der Waals surface area (Å²) in [6, 6.07) is 1.97. The third-order valence-electron chi connectivity index (χ3n) is 2.73. The summed E-state index contributed by atoms with van der Waals surface area (Å²) in [6.07, 6.45) is 4.47. The van der Waals surface area contributed by atoms with Crippen molar-refractivity contribution in [2.45, 2.75) is 45.4 Å². The number of carbonyl (C=O) groups is 1. The first kappa shape index (κ1) is 12.2. The van der Waals surface area contributed by atoms with Crippen LogP contribution in [0.2, 0.25) is 0 Å². The largest absolute Gasteiger partial charge is 0.477 e. The lowest BCUT2D eigenvalue weighted by Gasteiger charge is -2.13. The number of thiophene rings is 1. The van der Waals surface area contributed by atoms with Crippen LogP contribution in [0, 0.1) is 0 Å². The minimum atomic E-state index is -0.782. The summed E-state index contributed by atoms with van der Waals surface area (Å²) >= 11 is 1.34. The topological polar surface area (TPSA) is 37.3 Å². The molecule has 0 bridgehead atoms. The van der Waals surface area contributed by atoms with Crippen LogP contribution in [0.5, 0.6) is 0 Å². The highest BCUT2D eigenvalue weighted by Crippen LogP contribution is 2.31. The second-order valence-electron chi connectivity index (χ2n) is 3.76. The molecule has 15 heavy (non-hydrogen) atoms. The zero-order chi connectivity index (χ0) is 11.3. The van der Waals surface area contributed by atoms with Crippen LogP contribution in [0.25, 0.3) is 0 Å². The van der Waals surface area contributed by atoms with Gasteiger partial charge in [0.1, 0.15) is 4.88 Å². The Morgan fingerprint density at radius 3 is 2.80 bits per heavy atom. The Hall–Kier alpha value is -0.830. The van der Waals surface area contributed by atoms with Crippen molar-refractivity contribution in [1.29, 1.82) is 0 Å². The summed E-state index contributed by atoms with van der Waals surface area (Å²) in [6.45, 7) is 4.29. The van der Waals surface area contributed by atoms with Crippen LogP contribution in [-0.4, -0.2) is 11.1 Å². The third kappa shape index (κ3) is 3.06. The zero-order valence-corrected chi connectivity index (χ0v) is 10.1. The van der Waals surface area contributed by atoms with Gasteiger partial charge in [-0.2, -0.15) is 0 Å². The Morgan fingerprint density at radius 2 is 2.27 bits per heavy atom. The molecule has 0 spiro atoms. The van der Waals surface area contributed by atoms with Gasteiger partial charge >= 0.3 is 5.97 Å². The second-order valence-corrected chi connectivity index (χ2v) is 4.67. The molecule has 1 heterocycles. The molecule has 84 valence electrons. The molecule has 2 nitrogen and oxygen atoms in total. The van der Waals surface area contributed by atoms with Crippen LogP contribution >= 0.6 is 11.3 Å². The molecule has 1 atom stereocenters. The molecule has 0 saturated carbocycles. The lowest BCUT2D eigenvalue weighted by Crippen LogP contribution is -2.03. The average Bonchev–Trinajstić information content (AvgIpc) is 2.68. The molecule has 0 amide bonds. The standard InChI is InChI=1S/C12H18O2S/c1-3-5-6-9(4-2)10-7-8-15-11(10)12(13)14/h7-9H,3-6H2,1-2H3,(H,13,14). The number of carboxylic acid groups (broad SMARTS) is 1. The molecule has 1 rings (SSSR count). The number of rotatable bonds is 6. The Bertz CT molecular complexity index is 317. The predicted octanol–water partition coefficient (Wildman–Crippen LogP) is 4.13. The number of hydrogen-bond donors (Lipinski definition) is 1. The highest BCUT2D eigenvalue weighted by atomic mass is 32.1. The molecular weight excluding hydrogens is 208 g/mol. The van der Waals surface area contributed by atoms with E-state index in [2.05, 4.69) is 13.8 Å². The number of hydrogen-bond acceptors (Lipinski definition) is 2. The van der Waals surface area contributed by atoms with Gasteiger partial charge in [-0.05, 0) is 35.8 Å². The van der Waals surface area contributed by atoms with Gasteiger partial charge in [-0.15, -0.1) is 11.3 Å². The van der Waals surface area contributed by atoms with Gasteiger partial charge in [-0.1, -0.05) is 26.7 Å². The Labute approximate surface area is 94.9 Å². The van der Waals surface area contributed by atoms with Crippen molar-refractivity contribution in [3.63, 3.8) is 0 Å². The fourth-order valence-electron chi connectivity index (χ4n) is 1.84. The van der Waals surface area contributed by atoms with Crippen molar-refractivity contribution in [3.05, 3.63) is 21.9 Å². The van der Waals surface area contributed by atoms with Crippen molar-refractivity contribution in [2.24, 2.45) is 0 Å². The summed E-state index contributed by atoms with van der Waals surface area (Å²) in [5.41, 5.74) is 1.03. The van der Waals surface area contributed by atoms with Gasteiger partial charge in [0.05, 0.1) is 0 Å². The Balaban J connectivity index is 2.81. The van der Waals surface area contributed by atoms with Crippen molar-refractivity contribution in [1.82, 2.24) is 0 Å². The van der Waals surface area contributed by atoms with E-state index in [1.807, 2.05) is 11.4 Å². The quantitative estimate of drug-likeness (QED) is 0.791. The average molecular weight is 226 g/mol. The summed E-state index contributed by atoms with van der Waals surface area (Å²) in [5.74, 6) is -0.364. The van der Waals surface area contributed by atoms with Crippen LogP contribution in [0.3, 0.4) is 0 Å². The van der Waals surface area contributed by atoms with Gasteiger partial charge in [-0.3, -0.25) is 0 Å². The van der Waals surface area contributed by atoms with E-state index in [1.54, 1.807) is 0 Å². The van der Waals surface area contributed by atoms with Crippen molar-refractivity contribution >= 4 is 17.3 Å².